The Bertz CT molecular complexity index is 808. The lowest BCUT2D eigenvalue weighted by atomic mass is 10.4. The molecule has 0 saturated heterocycles. The molecule has 26 heavy (non-hydrogen) atoms. The van der Waals surface area contributed by atoms with Gasteiger partial charge in [-0.3, -0.25) is 19.4 Å². The third-order valence-corrected chi connectivity index (χ3v) is 2.57. The molecule has 11 heteroatoms. The average molecular weight is 366 g/mol. The number of rotatable bonds is 6. The number of aromatic nitrogens is 2. The van der Waals surface area contributed by atoms with Crippen LogP contribution in [0.3, 0.4) is 0 Å². The third kappa shape index (κ3) is 7.77. The molecule has 0 aliphatic rings. The van der Waals surface area contributed by atoms with E-state index in [1.54, 1.807) is 26.2 Å². The summed E-state index contributed by atoms with van der Waals surface area (Å²) in [6.45, 7) is -0.389. The zero-order chi connectivity index (χ0) is 19.5. The highest BCUT2D eigenvalue weighted by Gasteiger charge is 2.12. The topological polar surface area (TPSA) is 155 Å². The first-order valence-corrected chi connectivity index (χ1v) is 7.23. The van der Waals surface area contributed by atoms with Gasteiger partial charge < -0.3 is 24.4 Å². The van der Waals surface area contributed by atoms with Gasteiger partial charge in [0.1, 0.15) is 11.5 Å². The van der Waals surface area contributed by atoms with Crippen LogP contribution in [0.15, 0.2) is 38.5 Å². The maximum Gasteiger partial charge on any atom is 0.355 e. The van der Waals surface area contributed by atoms with Gasteiger partial charge in [0.2, 0.25) is 6.41 Å². The van der Waals surface area contributed by atoms with E-state index in [0.717, 1.165) is 12.5 Å². The average Bonchev–Trinajstić information content (AvgIpc) is 3.11. The number of hydrogen-bond acceptors (Lipinski definition) is 7. The van der Waals surface area contributed by atoms with E-state index in [1.165, 1.54) is 11.2 Å². The van der Waals surface area contributed by atoms with E-state index in [-0.39, 0.29) is 12.2 Å². The van der Waals surface area contributed by atoms with Gasteiger partial charge in [-0.2, -0.15) is 0 Å². The smallest absolute Gasteiger partial charge is 0.355 e. The molecule has 11 nitrogen and oxygen atoms in total. The minimum Gasteiger partial charge on any atom is -0.467 e. The maximum atomic E-state index is 11.5. The Morgan fingerprint density at radius 1 is 1.31 bits per heavy atom. The van der Waals surface area contributed by atoms with E-state index in [2.05, 4.69) is 15.0 Å². The highest BCUT2D eigenvalue weighted by Crippen LogP contribution is 1.98. The highest BCUT2D eigenvalue weighted by atomic mass is 16.5. The molecular formula is C15H18N4O7. The van der Waals surface area contributed by atoms with Gasteiger partial charge in [-0.15, -0.1) is 0 Å². The van der Waals surface area contributed by atoms with Crippen LogP contribution in [0.5, 0.6) is 0 Å². The lowest BCUT2D eigenvalue weighted by Crippen LogP contribution is -2.30. The Morgan fingerprint density at radius 2 is 2.00 bits per heavy atom. The lowest BCUT2D eigenvalue weighted by Gasteiger charge is -2.05. The minimum atomic E-state index is -0.980. The van der Waals surface area contributed by atoms with Gasteiger partial charge in [0, 0.05) is 20.2 Å². The highest BCUT2D eigenvalue weighted by molar-refractivity contribution is 5.89. The van der Waals surface area contributed by atoms with Gasteiger partial charge >= 0.3 is 11.7 Å². The summed E-state index contributed by atoms with van der Waals surface area (Å²) in [6.07, 6.45) is 2.21. The molecule has 0 spiro atoms. The van der Waals surface area contributed by atoms with Crippen LogP contribution in [0.2, 0.25) is 0 Å². The molecule has 2 rings (SSSR count). The van der Waals surface area contributed by atoms with Crippen LogP contribution in [0, 0.1) is 0 Å². The fourth-order valence-electron chi connectivity index (χ4n) is 1.44. The number of aromatic amines is 2. The van der Waals surface area contributed by atoms with E-state index in [0.29, 0.717) is 5.76 Å². The first-order chi connectivity index (χ1) is 12.3. The Kier molecular flexibility index (Phi) is 8.07. The molecule has 0 saturated carbocycles. The van der Waals surface area contributed by atoms with Crippen LogP contribution in [0.25, 0.3) is 0 Å². The molecule has 0 atom stereocenters. The van der Waals surface area contributed by atoms with Gasteiger partial charge in [-0.1, -0.05) is 0 Å². The second kappa shape index (κ2) is 10.3. The van der Waals surface area contributed by atoms with Gasteiger partial charge in [0.25, 0.3) is 11.5 Å². The summed E-state index contributed by atoms with van der Waals surface area (Å²) >= 11 is 0. The van der Waals surface area contributed by atoms with Crippen LogP contribution < -0.4 is 16.6 Å². The maximum absolute atomic E-state index is 11.5. The number of esters is 1. The Balaban J connectivity index is 0.000000597. The zero-order valence-corrected chi connectivity index (χ0v) is 14.1. The quantitative estimate of drug-likeness (QED) is 0.430. The van der Waals surface area contributed by atoms with Crippen molar-refractivity contribution < 1.29 is 23.5 Å². The summed E-state index contributed by atoms with van der Waals surface area (Å²) in [5.74, 6) is -0.980. The summed E-state index contributed by atoms with van der Waals surface area (Å²) in [5, 5.41) is 2.46. The van der Waals surface area contributed by atoms with Crippen molar-refractivity contribution in [3.05, 3.63) is 56.8 Å². The molecule has 140 valence electrons. The molecule has 0 radical (unpaired) electrons. The summed E-state index contributed by atoms with van der Waals surface area (Å²) in [6, 6.07) is 4.21. The number of carbonyl (C=O) groups excluding carboxylic acids is 3. The number of amides is 2. The third-order valence-electron chi connectivity index (χ3n) is 2.57. The number of carbonyl (C=O) groups is 3. The van der Waals surface area contributed by atoms with Gasteiger partial charge in [0.15, 0.2) is 6.61 Å². The number of nitrogens with zero attached hydrogens (tertiary/aromatic N) is 1. The standard InChI is InChI=1S/C12H11N3O6.C3H7NO/c16-9-4-8(14-12(19)15-9)11(18)21-6-10(17)13-5-7-2-1-3-20-7;1-4(2)3-5/h1-4H,5-6H2,(H,13,17)(H2,14,15,16,19);3H,1-2H3. The van der Waals surface area contributed by atoms with Crippen molar-refractivity contribution in [3.63, 3.8) is 0 Å². The number of ether oxygens (including phenoxy) is 1. The molecule has 0 unspecified atom stereocenters. The minimum absolute atomic E-state index is 0.158. The van der Waals surface area contributed by atoms with Crippen LogP contribution in [0.4, 0.5) is 0 Å². The SMILES string of the molecule is CN(C)C=O.O=C(COC(=O)c1cc(=O)[nH]c(=O)[nH]1)NCc1ccco1. The van der Waals surface area contributed by atoms with Crippen molar-refractivity contribution in [2.75, 3.05) is 20.7 Å². The monoisotopic (exact) mass is 366 g/mol. The zero-order valence-electron chi connectivity index (χ0n) is 14.1. The fourth-order valence-corrected chi connectivity index (χ4v) is 1.44. The van der Waals surface area contributed by atoms with Crippen molar-refractivity contribution in [2.45, 2.75) is 6.54 Å². The van der Waals surface area contributed by atoms with Crippen molar-refractivity contribution in [1.82, 2.24) is 20.2 Å². The molecule has 2 aromatic rings. The second-order valence-corrected chi connectivity index (χ2v) is 5.00. The molecule has 0 bridgehead atoms. The number of hydrogen-bond donors (Lipinski definition) is 3. The predicted molar refractivity (Wildman–Crippen MR) is 88.3 cm³/mol. The van der Waals surface area contributed by atoms with Crippen molar-refractivity contribution in [1.29, 1.82) is 0 Å². The number of furan rings is 1. The molecule has 0 aliphatic heterocycles. The van der Waals surface area contributed by atoms with E-state index >= 15 is 0 Å². The molecule has 2 amide bonds. The van der Waals surface area contributed by atoms with Gasteiger partial charge in [0.05, 0.1) is 12.8 Å². The summed E-state index contributed by atoms with van der Waals surface area (Å²) < 4.78 is 9.67. The van der Waals surface area contributed by atoms with E-state index in [4.69, 9.17) is 4.42 Å². The molecule has 0 fully saturated rings. The van der Waals surface area contributed by atoms with Crippen molar-refractivity contribution in [2.24, 2.45) is 0 Å². The molecule has 3 N–H and O–H groups in total. The van der Waals surface area contributed by atoms with E-state index in [1.807, 2.05) is 4.98 Å². The summed E-state index contributed by atoms with van der Waals surface area (Å²) in [4.78, 5) is 59.8. The molecule has 2 aromatic heterocycles. The fraction of sp³-hybridized carbons (Fsp3) is 0.267. The summed E-state index contributed by atoms with van der Waals surface area (Å²) in [5.41, 5.74) is -1.91. The number of H-pyrrole nitrogens is 2. The predicted octanol–water partition coefficient (Wildman–Crippen LogP) is -1.17. The van der Waals surface area contributed by atoms with E-state index in [9.17, 15) is 24.0 Å². The largest absolute Gasteiger partial charge is 0.467 e. The summed E-state index contributed by atoms with van der Waals surface area (Å²) in [7, 11) is 3.38. The van der Waals surface area contributed by atoms with Crippen LogP contribution in [0.1, 0.15) is 16.2 Å². The first kappa shape index (κ1) is 20.4. The normalized spacial score (nSPS) is 9.46. The Labute approximate surface area is 147 Å². The first-order valence-electron chi connectivity index (χ1n) is 7.23. The Hall–Kier alpha value is -3.63. The van der Waals surface area contributed by atoms with Crippen LogP contribution in [-0.2, 0) is 20.9 Å². The van der Waals surface area contributed by atoms with E-state index < -0.39 is 29.7 Å². The molecule has 0 aliphatic carbocycles. The molecular weight excluding hydrogens is 348 g/mol. The van der Waals surface area contributed by atoms with Crippen LogP contribution in [-0.4, -0.2) is 53.9 Å². The number of nitrogens with one attached hydrogen (secondary N) is 3. The van der Waals surface area contributed by atoms with Crippen LogP contribution >= 0.6 is 0 Å². The second-order valence-electron chi connectivity index (χ2n) is 5.00. The van der Waals surface area contributed by atoms with Crippen molar-refractivity contribution >= 4 is 18.3 Å². The van der Waals surface area contributed by atoms with Gasteiger partial charge in [-0.25, -0.2) is 9.59 Å². The van der Waals surface area contributed by atoms with Gasteiger partial charge in [-0.05, 0) is 12.1 Å². The molecule has 0 aromatic carbocycles. The Morgan fingerprint density at radius 3 is 2.54 bits per heavy atom. The molecule has 2 heterocycles. The van der Waals surface area contributed by atoms with Crippen molar-refractivity contribution in [3.8, 4) is 0 Å². The lowest BCUT2D eigenvalue weighted by molar-refractivity contribution is -0.124.